The van der Waals surface area contributed by atoms with Crippen molar-refractivity contribution in [2.75, 3.05) is 6.61 Å². The first-order valence-corrected chi connectivity index (χ1v) is 8.50. The van der Waals surface area contributed by atoms with Gasteiger partial charge in [0, 0.05) is 0 Å². The topological polar surface area (TPSA) is 32.3 Å². The summed E-state index contributed by atoms with van der Waals surface area (Å²) in [5, 5.41) is 12.5. The summed E-state index contributed by atoms with van der Waals surface area (Å²) < 4.78 is 42.8. The molecule has 0 heterocycles. The van der Waals surface area contributed by atoms with Gasteiger partial charge in [-0.05, 0) is 17.5 Å². The predicted octanol–water partition coefficient (Wildman–Crippen LogP) is 4.96. The van der Waals surface area contributed by atoms with E-state index in [2.05, 4.69) is 5.32 Å². The Morgan fingerprint density at radius 3 is 2.00 bits per heavy atom. The Morgan fingerprint density at radius 1 is 0.960 bits per heavy atom. The first kappa shape index (κ1) is 19.5. The standard InChI is InChI=1S/C20H24F3NO/c1-2-3-14-19(20(21,22)23,17-12-8-5-9-13-17)24-18(15-25)16-10-6-4-7-11-16/h4-13,18,24-25H,2-3,14-15H2,1H3/t18-,19+/m0/s1. The minimum atomic E-state index is -4.49. The number of hydrogen-bond acceptors (Lipinski definition) is 2. The number of alkyl halides is 3. The fourth-order valence-corrected chi connectivity index (χ4v) is 3.07. The molecule has 2 aromatic rings. The zero-order chi connectivity index (χ0) is 18.3. The molecule has 0 spiro atoms. The first-order chi connectivity index (χ1) is 11.9. The molecule has 0 aromatic heterocycles. The van der Waals surface area contributed by atoms with E-state index < -0.39 is 24.4 Å². The largest absolute Gasteiger partial charge is 0.410 e. The van der Waals surface area contributed by atoms with Crippen LogP contribution in [-0.2, 0) is 5.54 Å². The van der Waals surface area contributed by atoms with Crippen LogP contribution >= 0.6 is 0 Å². The van der Waals surface area contributed by atoms with Crippen molar-refractivity contribution in [3.05, 3.63) is 71.8 Å². The lowest BCUT2D eigenvalue weighted by Crippen LogP contribution is -2.55. The summed E-state index contributed by atoms with van der Waals surface area (Å²) in [5.41, 5.74) is -1.40. The third kappa shape index (κ3) is 4.41. The summed E-state index contributed by atoms with van der Waals surface area (Å²) in [6.45, 7) is 1.45. The molecule has 0 saturated heterocycles. The third-order valence-electron chi connectivity index (χ3n) is 4.46. The number of halogens is 3. The lowest BCUT2D eigenvalue weighted by atomic mass is 9.82. The number of hydrogen-bond donors (Lipinski definition) is 2. The molecule has 0 unspecified atom stereocenters. The van der Waals surface area contributed by atoms with Gasteiger partial charge in [0.05, 0.1) is 12.6 Å². The smallest absolute Gasteiger partial charge is 0.394 e. The number of aliphatic hydroxyl groups excluding tert-OH is 1. The van der Waals surface area contributed by atoms with Gasteiger partial charge in [0.25, 0.3) is 0 Å². The van der Waals surface area contributed by atoms with E-state index in [4.69, 9.17) is 0 Å². The Hall–Kier alpha value is -1.85. The molecule has 25 heavy (non-hydrogen) atoms. The Balaban J connectivity index is 2.49. The molecule has 0 aliphatic carbocycles. The predicted molar refractivity (Wildman–Crippen MR) is 93.1 cm³/mol. The Bertz CT molecular complexity index is 630. The highest BCUT2D eigenvalue weighted by atomic mass is 19.4. The van der Waals surface area contributed by atoms with Crippen molar-refractivity contribution >= 4 is 0 Å². The molecule has 2 aromatic carbocycles. The normalized spacial score (nSPS) is 15.6. The fourth-order valence-electron chi connectivity index (χ4n) is 3.07. The summed E-state index contributed by atoms with van der Waals surface area (Å²) in [7, 11) is 0. The van der Waals surface area contributed by atoms with Gasteiger partial charge in [0.1, 0.15) is 5.54 Å². The van der Waals surface area contributed by atoms with Crippen molar-refractivity contribution in [1.29, 1.82) is 0 Å². The molecule has 0 radical (unpaired) electrons. The molecule has 0 aliphatic rings. The fraction of sp³-hybridized carbons (Fsp3) is 0.400. The van der Waals surface area contributed by atoms with Gasteiger partial charge in [-0.2, -0.15) is 13.2 Å². The quantitative estimate of drug-likeness (QED) is 0.705. The summed E-state index contributed by atoms with van der Waals surface area (Å²) in [6.07, 6.45) is -3.50. The van der Waals surface area contributed by atoms with E-state index >= 15 is 0 Å². The zero-order valence-electron chi connectivity index (χ0n) is 14.3. The van der Waals surface area contributed by atoms with E-state index in [0.29, 0.717) is 18.4 Å². The molecule has 2 N–H and O–H groups in total. The highest BCUT2D eigenvalue weighted by Gasteiger charge is 2.56. The van der Waals surface area contributed by atoms with E-state index in [9.17, 15) is 18.3 Å². The van der Waals surface area contributed by atoms with Crippen LogP contribution in [-0.4, -0.2) is 17.9 Å². The van der Waals surface area contributed by atoms with Gasteiger partial charge in [-0.1, -0.05) is 80.4 Å². The van der Waals surface area contributed by atoms with Gasteiger partial charge in [-0.3, -0.25) is 5.32 Å². The Kier molecular flexibility index (Phi) is 6.62. The Labute approximate surface area is 146 Å². The van der Waals surface area contributed by atoms with Crippen LogP contribution in [0.1, 0.15) is 43.4 Å². The van der Waals surface area contributed by atoms with Gasteiger partial charge in [0.15, 0.2) is 0 Å². The molecular formula is C20H24F3NO. The van der Waals surface area contributed by atoms with Crippen molar-refractivity contribution in [1.82, 2.24) is 5.32 Å². The van der Waals surface area contributed by atoms with Crippen LogP contribution < -0.4 is 5.32 Å². The van der Waals surface area contributed by atoms with Crippen molar-refractivity contribution in [3.63, 3.8) is 0 Å². The van der Waals surface area contributed by atoms with Gasteiger partial charge in [0.2, 0.25) is 0 Å². The van der Waals surface area contributed by atoms with E-state index in [1.165, 1.54) is 12.1 Å². The maximum atomic E-state index is 14.3. The Morgan fingerprint density at radius 2 is 1.52 bits per heavy atom. The average molecular weight is 351 g/mol. The average Bonchev–Trinajstić information content (AvgIpc) is 2.62. The van der Waals surface area contributed by atoms with E-state index in [1.54, 1.807) is 48.5 Å². The number of aliphatic hydroxyl groups is 1. The molecule has 0 fully saturated rings. The van der Waals surface area contributed by atoms with Crippen LogP contribution in [0.3, 0.4) is 0 Å². The molecule has 0 bridgehead atoms. The molecule has 2 atom stereocenters. The lowest BCUT2D eigenvalue weighted by molar-refractivity contribution is -0.207. The molecule has 2 rings (SSSR count). The zero-order valence-corrected chi connectivity index (χ0v) is 14.3. The van der Waals surface area contributed by atoms with Gasteiger partial charge < -0.3 is 5.11 Å². The maximum absolute atomic E-state index is 14.3. The second-order valence-corrected chi connectivity index (χ2v) is 6.16. The van der Waals surface area contributed by atoms with Crippen LogP contribution in [0.4, 0.5) is 13.2 Å². The monoisotopic (exact) mass is 351 g/mol. The van der Waals surface area contributed by atoms with Crippen LogP contribution in [0.25, 0.3) is 0 Å². The van der Waals surface area contributed by atoms with Gasteiger partial charge in [-0.15, -0.1) is 0 Å². The molecule has 0 saturated carbocycles. The summed E-state index contributed by atoms with van der Waals surface area (Å²) in [5.74, 6) is 0. The second-order valence-electron chi connectivity index (χ2n) is 6.16. The van der Waals surface area contributed by atoms with E-state index in [0.717, 1.165) is 0 Å². The first-order valence-electron chi connectivity index (χ1n) is 8.50. The summed E-state index contributed by atoms with van der Waals surface area (Å²) in [4.78, 5) is 0. The highest BCUT2D eigenvalue weighted by molar-refractivity contribution is 5.29. The number of benzene rings is 2. The van der Waals surface area contributed by atoms with Crippen LogP contribution in [0, 0.1) is 0 Å². The molecule has 2 nitrogen and oxygen atoms in total. The van der Waals surface area contributed by atoms with E-state index in [-0.39, 0.29) is 12.0 Å². The van der Waals surface area contributed by atoms with Crippen molar-refractivity contribution in [2.45, 2.75) is 43.9 Å². The molecule has 0 aliphatic heterocycles. The molecule has 136 valence electrons. The molecular weight excluding hydrogens is 327 g/mol. The SMILES string of the molecule is CCCC[C@@](N[C@@H](CO)c1ccccc1)(c1ccccc1)C(F)(F)F. The minimum absolute atomic E-state index is 0.0830. The maximum Gasteiger partial charge on any atom is 0.410 e. The van der Waals surface area contributed by atoms with Crippen LogP contribution in [0.15, 0.2) is 60.7 Å². The summed E-state index contributed by atoms with van der Waals surface area (Å²) >= 11 is 0. The third-order valence-corrected chi connectivity index (χ3v) is 4.46. The van der Waals surface area contributed by atoms with Crippen LogP contribution in [0.2, 0.25) is 0 Å². The van der Waals surface area contributed by atoms with Crippen molar-refractivity contribution < 1.29 is 18.3 Å². The van der Waals surface area contributed by atoms with Crippen molar-refractivity contribution in [3.8, 4) is 0 Å². The molecule has 5 heteroatoms. The van der Waals surface area contributed by atoms with Gasteiger partial charge in [-0.25, -0.2) is 0 Å². The van der Waals surface area contributed by atoms with Crippen LogP contribution in [0.5, 0.6) is 0 Å². The second kappa shape index (κ2) is 8.50. The highest BCUT2D eigenvalue weighted by Crippen LogP contribution is 2.44. The number of rotatable bonds is 8. The number of nitrogens with one attached hydrogen (secondary N) is 1. The minimum Gasteiger partial charge on any atom is -0.394 e. The summed E-state index contributed by atoms with van der Waals surface area (Å²) in [6, 6.07) is 15.9. The van der Waals surface area contributed by atoms with Gasteiger partial charge >= 0.3 is 6.18 Å². The molecule has 0 amide bonds. The van der Waals surface area contributed by atoms with E-state index in [1.807, 2.05) is 6.92 Å². The lowest BCUT2D eigenvalue weighted by Gasteiger charge is -2.40. The number of unbranched alkanes of at least 4 members (excludes halogenated alkanes) is 1. The van der Waals surface area contributed by atoms with Crippen molar-refractivity contribution in [2.24, 2.45) is 0 Å².